The van der Waals surface area contributed by atoms with Crippen molar-refractivity contribution in [1.29, 1.82) is 0 Å². The lowest BCUT2D eigenvalue weighted by molar-refractivity contribution is 0.560. The summed E-state index contributed by atoms with van der Waals surface area (Å²) in [6.45, 7) is 6.38. The van der Waals surface area contributed by atoms with Gasteiger partial charge in [0.25, 0.3) is 5.56 Å². The molecule has 12 heavy (non-hydrogen) atoms. The Bertz CT molecular complexity index is 316. The second-order valence-corrected chi connectivity index (χ2v) is 3.89. The van der Waals surface area contributed by atoms with Gasteiger partial charge in [0.1, 0.15) is 0 Å². The van der Waals surface area contributed by atoms with Crippen LogP contribution in [0.25, 0.3) is 0 Å². The smallest absolute Gasteiger partial charge is 0.268 e. The molecule has 0 atom stereocenters. The largest absolute Gasteiger partial charge is 0.326 e. The van der Waals surface area contributed by atoms with Gasteiger partial charge in [-0.05, 0) is 0 Å². The van der Waals surface area contributed by atoms with Gasteiger partial charge in [0.2, 0.25) is 0 Å². The summed E-state index contributed by atoms with van der Waals surface area (Å²) < 4.78 is 0. The van der Waals surface area contributed by atoms with Crippen LogP contribution in [0, 0.1) is 0 Å². The van der Waals surface area contributed by atoms with Crippen LogP contribution in [0.15, 0.2) is 4.79 Å². The third kappa shape index (κ3) is 1.43. The average molecular weight is 169 g/mol. The van der Waals surface area contributed by atoms with E-state index in [9.17, 15) is 4.79 Å². The number of nitrogens with two attached hydrogens (primary N) is 1. The molecule has 1 aromatic heterocycles. The lowest BCUT2D eigenvalue weighted by Gasteiger charge is -2.17. The monoisotopic (exact) mass is 169 g/mol. The van der Waals surface area contributed by atoms with Crippen LogP contribution < -0.4 is 11.3 Å². The molecule has 1 aromatic rings. The number of hydrogen-bond donors (Lipinski definition) is 3. The van der Waals surface area contributed by atoms with Gasteiger partial charge in [-0.1, -0.05) is 20.8 Å². The molecule has 4 N–H and O–H groups in total. The first kappa shape index (κ1) is 9.06. The molecule has 0 saturated carbocycles. The number of hydrogen-bond acceptors (Lipinski definition) is 2. The maximum Gasteiger partial charge on any atom is 0.268 e. The van der Waals surface area contributed by atoms with Crippen molar-refractivity contribution in [2.75, 3.05) is 0 Å². The summed E-state index contributed by atoms with van der Waals surface area (Å²) in [6.07, 6.45) is 0. The number of rotatable bonds is 1. The summed E-state index contributed by atoms with van der Waals surface area (Å²) in [5, 5.41) is 5.38. The second-order valence-electron chi connectivity index (χ2n) is 3.89. The Balaban J connectivity index is 3.26. The van der Waals surface area contributed by atoms with Crippen molar-refractivity contribution in [1.82, 2.24) is 10.2 Å². The van der Waals surface area contributed by atoms with Gasteiger partial charge in [0, 0.05) is 17.7 Å². The minimum absolute atomic E-state index is 0.0616. The molecule has 68 valence electrons. The molecule has 0 fully saturated rings. The van der Waals surface area contributed by atoms with Crippen molar-refractivity contribution in [2.45, 2.75) is 32.7 Å². The van der Waals surface area contributed by atoms with E-state index in [4.69, 9.17) is 5.73 Å². The molecular formula is C8H15N3O. The van der Waals surface area contributed by atoms with Crippen molar-refractivity contribution < 1.29 is 0 Å². The van der Waals surface area contributed by atoms with Crippen molar-refractivity contribution in [2.24, 2.45) is 5.73 Å². The molecule has 1 heterocycles. The Morgan fingerprint density at radius 2 is 1.92 bits per heavy atom. The molecule has 0 aromatic carbocycles. The standard InChI is InChI=1S/C8H15N3O/c1-8(2,3)6-5(4-9)7(12)11-10-6/h4,9H2,1-3H3,(H2,10,11,12). The van der Waals surface area contributed by atoms with Gasteiger partial charge in [-0.15, -0.1) is 0 Å². The zero-order chi connectivity index (χ0) is 9.35. The molecule has 0 amide bonds. The maximum absolute atomic E-state index is 11.2. The van der Waals surface area contributed by atoms with Crippen LogP contribution in [0.2, 0.25) is 0 Å². The second kappa shape index (κ2) is 2.79. The fraction of sp³-hybridized carbons (Fsp3) is 0.625. The molecule has 0 spiro atoms. The SMILES string of the molecule is CC(C)(C)c1[nH][nH]c(=O)c1CN. The average Bonchev–Trinajstić information content (AvgIpc) is 2.29. The van der Waals surface area contributed by atoms with E-state index in [1.165, 1.54) is 0 Å². The molecular weight excluding hydrogens is 154 g/mol. The third-order valence-corrected chi connectivity index (χ3v) is 1.83. The minimum atomic E-state index is -0.109. The highest BCUT2D eigenvalue weighted by molar-refractivity contribution is 5.23. The molecule has 4 heteroatoms. The predicted octanol–water partition coefficient (Wildman–Crippen LogP) is 0.459. The van der Waals surface area contributed by atoms with E-state index < -0.39 is 0 Å². The Hall–Kier alpha value is -1.03. The first-order chi connectivity index (χ1) is 5.46. The summed E-state index contributed by atoms with van der Waals surface area (Å²) in [6, 6.07) is 0. The van der Waals surface area contributed by atoms with Crippen LogP contribution >= 0.6 is 0 Å². The molecule has 0 radical (unpaired) electrons. The number of aromatic amines is 2. The zero-order valence-corrected chi connectivity index (χ0v) is 7.69. The van der Waals surface area contributed by atoms with Gasteiger partial charge >= 0.3 is 0 Å². The molecule has 0 aliphatic rings. The normalized spacial score (nSPS) is 12.0. The van der Waals surface area contributed by atoms with Crippen LogP contribution in [-0.2, 0) is 12.0 Å². The topological polar surface area (TPSA) is 74.7 Å². The zero-order valence-electron chi connectivity index (χ0n) is 7.69. The summed E-state index contributed by atoms with van der Waals surface area (Å²) in [5.74, 6) is 0. The van der Waals surface area contributed by atoms with E-state index in [-0.39, 0.29) is 17.5 Å². The fourth-order valence-corrected chi connectivity index (χ4v) is 1.22. The van der Waals surface area contributed by atoms with Gasteiger partial charge in [-0.2, -0.15) is 0 Å². The van der Waals surface area contributed by atoms with Crippen molar-refractivity contribution in [3.63, 3.8) is 0 Å². The van der Waals surface area contributed by atoms with Gasteiger partial charge in [0.15, 0.2) is 0 Å². The fourth-order valence-electron chi connectivity index (χ4n) is 1.22. The molecule has 1 rings (SSSR count). The summed E-state index contributed by atoms with van der Waals surface area (Å²) in [7, 11) is 0. The van der Waals surface area contributed by atoms with E-state index in [0.29, 0.717) is 5.56 Å². The van der Waals surface area contributed by atoms with E-state index >= 15 is 0 Å². The van der Waals surface area contributed by atoms with Crippen molar-refractivity contribution >= 4 is 0 Å². The highest BCUT2D eigenvalue weighted by atomic mass is 16.1. The van der Waals surface area contributed by atoms with Crippen LogP contribution in [0.3, 0.4) is 0 Å². The molecule has 0 unspecified atom stereocenters. The van der Waals surface area contributed by atoms with E-state index in [2.05, 4.69) is 10.2 Å². The lowest BCUT2D eigenvalue weighted by atomic mass is 9.89. The quantitative estimate of drug-likeness (QED) is 0.571. The highest BCUT2D eigenvalue weighted by Gasteiger charge is 2.20. The van der Waals surface area contributed by atoms with Crippen LogP contribution in [0.5, 0.6) is 0 Å². The van der Waals surface area contributed by atoms with E-state index in [1.54, 1.807) is 0 Å². The van der Waals surface area contributed by atoms with E-state index in [0.717, 1.165) is 5.69 Å². The van der Waals surface area contributed by atoms with Crippen molar-refractivity contribution in [3.05, 3.63) is 21.6 Å². The van der Waals surface area contributed by atoms with Crippen LogP contribution in [-0.4, -0.2) is 10.2 Å². The summed E-state index contributed by atoms with van der Waals surface area (Å²) >= 11 is 0. The molecule has 0 saturated heterocycles. The third-order valence-electron chi connectivity index (χ3n) is 1.83. The number of nitrogens with one attached hydrogen (secondary N) is 2. The van der Waals surface area contributed by atoms with Crippen LogP contribution in [0.4, 0.5) is 0 Å². The first-order valence-corrected chi connectivity index (χ1v) is 3.97. The summed E-state index contributed by atoms with van der Waals surface area (Å²) in [4.78, 5) is 11.2. The predicted molar refractivity (Wildman–Crippen MR) is 48.0 cm³/mol. The first-order valence-electron chi connectivity index (χ1n) is 3.97. The summed E-state index contributed by atoms with van der Waals surface area (Å²) in [5.41, 5.74) is 6.84. The van der Waals surface area contributed by atoms with Gasteiger partial charge in [0.05, 0.1) is 5.56 Å². The Labute approximate surface area is 71.2 Å². The lowest BCUT2D eigenvalue weighted by Crippen LogP contribution is -2.19. The van der Waals surface area contributed by atoms with Crippen molar-refractivity contribution in [3.8, 4) is 0 Å². The minimum Gasteiger partial charge on any atom is -0.326 e. The van der Waals surface area contributed by atoms with Gasteiger partial charge in [-0.25, -0.2) is 0 Å². The molecule has 4 nitrogen and oxygen atoms in total. The van der Waals surface area contributed by atoms with E-state index in [1.807, 2.05) is 20.8 Å². The Morgan fingerprint density at radius 3 is 2.25 bits per heavy atom. The number of aromatic nitrogens is 2. The molecule has 0 bridgehead atoms. The van der Waals surface area contributed by atoms with Crippen LogP contribution in [0.1, 0.15) is 32.0 Å². The molecule has 0 aliphatic carbocycles. The maximum atomic E-state index is 11.2. The molecule has 0 aliphatic heterocycles. The number of H-pyrrole nitrogens is 2. The van der Waals surface area contributed by atoms with Gasteiger partial charge in [-0.3, -0.25) is 9.89 Å². The highest BCUT2D eigenvalue weighted by Crippen LogP contribution is 2.20. The Morgan fingerprint density at radius 1 is 1.33 bits per heavy atom. The Kier molecular flexibility index (Phi) is 2.10. The van der Waals surface area contributed by atoms with Gasteiger partial charge < -0.3 is 10.8 Å².